The zero-order valence-electron chi connectivity index (χ0n) is 18.4. The molecule has 1 aromatic heterocycles. The molecular formula is C26H24N2O3S2. The summed E-state index contributed by atoms with van der Waals surface area (Å²) in [4.78, 5) is 20.2. The van der Waals surface area contributed by atoms with Gasteiger partial charge in [0.2, 0.25) is 0 Å². The highest BCUT2D eigenvalue weighted by Gasteiger charge is 2.24. The SMILES string of the molecule is Cc1ccc(S(C)(=O)=O)cc1C(=O)N(CCc1ccccc1)c1nc(-c2ccccc2)cs1. The van der Waals surface area contributed by atoms with Gasteiger partial charge in [-0.15, -0.1) is 11.3 Å². The van der Waals surface area contributed by atoms with Crippen molar-refractivity contribution in [1.29, 1.82) is 0 Å². The molecule has 168 valence electrons. The lowest BCUT2D eigenvalue weighted by Crippen LogP contribution is -2.33. The molecule has 0 saturated carbocycles. The third-order valence-electron chi connectivity index (χ3n) is 5.37. The van der Waals surface area contributed by atoms with E-state index in [1.54, 1.807) is 11.0 Å². The standard InChI is InChI=1S/C26H24N2O3S2/c1-19-13-14-22(33(2,30)31)17-23(19)25(29)28(16-15-20-9-5-3-6-10-20)26-27-24(18-32-26)21-11-7-4-8-12-21/h3-14,17-18H,15-16H2,1-2H3. The number of thiazole rings is 1. The van der Waals surface area contributed by atoms with Gasteiger partial charge in [-0.3, -0.25) is 9.69 Å². The summed E-state index contributed by atoms with van der Waals surface area (Å²) in [5.41, 5.74) is 3.97. The number of carbonyl (C=O) groups is 1. The lowest BCUT2D eigenvalue weighted by molar-refractivity contribution is 0.0986. The van der Waals surface area contributed by atoms with Crippen LogP contribution in [0.1, 0.15) is 21.5 Å². The number of amides is 1. The summed E-state index contributed by atoms with van der Waals surface area (Å²) in [5, 5.41) is 2.52. The number of aromatic nitrogens is 1. The Balaban J connectivity index is 1.72. The molecule has 5 nitrogen and oxygen atoms in total. The van der Waals surface area contributed by atoms with Crippen molar-refractivity contribution >= 4 is 32.2 Å². The van der Waals surface area contributed by atoms with Crippen molar-refractivity contribution in [2.24, 2.45) is 0 Å². The molecule has 0 aliphatic rings. The van der Waals surface area contributed by atoms with Crippen molar-refractivity contribution < 1.29 is 13.2 Å². The first-order valence-corrected chi connectivity index (χ1v) is 13.3. The van der Waals surface area contributed by atoms with Crippen LogP contribution in [-0.4, -0.2) is 32.1 Å². The Morgan fingerprint density at radius 1 is 0.970 bits per heavy atom. The lowest BCUT2D eigenvalue weighted by Gasteiger charge is -2.21. The molecule has 7 heteroatoms. The molecule has 0 spiro atoms. The number of anilines is 1. The topological polar surface area (TPSA) is 67.3 Å². The number of rotatable bonds is 7. The molecule has 1 amide bonds. The van der Waals surface area contributed by atoms with Crippen LogP contribution in [0.3, 0.4) is 0 Å². The van der Waals surface area contributed by atoms with Gasteiger partial charge < -0.3 is 0 Å². The van der Waals surface area contributed by atoms with Gasteiger partial charge in [-0.05, 0) is 36.6 Å². The van der Waals surface area contributed by atoms with E-state index in [0.29, 0.717) is 23.7 Å². The number of aryl methyl sites for hydroxylation is 1. The first kappa shape index (κ1) is 22.9. The Labute approximate surface area is 198 Å². The fraction of sp³-hybridized carbons (Fsp3) is 0.154. The van der Waals surface area contributed by atoms with E-state index in [2.05, 4.69) is 0 Å². The monoisotopic (exact) mass is 476 g/mol. The van der Waals surface area contributed by atoms with Crippen LogP contribution >= 0.6 is 11.3 Å². The maximum absolute atomic E-state index is 13.7. The minimum Gasteiger partial charge on any atom is -0.284 e. The predicted molar refractivity (Wildman–Crippen MR) is 134 cm³/mol. The quantitative estimate of drug-likeness (QED) is 0.358. The van der Waals surface area contributed by atoms with Gasteiger partial charge in [0.05, 0.1) is 10.6 Å². The summed E-state index contributed by atoms with van der Waals surface area (Å²) in [7, 11) is -3.44. The van der Waals surface area contributed by atoms with Crippen molar-refractivity contribution in [2.45, 2.75) is 18.2 Å². The van der Waals surface area contributed by atoms with Crippen LogP contribution in [0.5, 0.6) is 0 Å². The molecule has 0 radical (unpaired) electrons. The number of nitrogens with zero attached hydrogens (tertiary/aromatic N) is 2. The zero-order chi connectivity index (χ0) is 23.4. The number of hydrogen-bond donors (Lipinski definition) is 0. The highest BCUT2D eigenvalue weighted by atomic mass is 32.2. The van der Waals surface area contributed by atoms with E-state index in [-0.39, 0.29) is 10.8 Å². The van der Waals surface area contributed by atoms with Gasteiger partial charge in [-0.1, -0.05) is 66.7 Å². The number of carbonyl (C=O) groups excluding carboxylic acids is 1. The minimum atomic E-state index is -3.44. The number of benzene rings is 3. The van der Waals surface area contributed by atoms with Gasteiger partial charge in [-0.25, -0.2) is 13.4 Å². The lowest BCUT2D eigenvalue weighted by atomic mass is 10.1. The molecule has 0 fully saturated rings. The van der Waals surface area contributed by atoms with Crippen molar-refractivity contribution in [2.75, 3.05) is 17.7 Å². The third kappa shape index (κ3) is 5.38. The average molecular weight is 477 g/mol. The normalized spacial score (nSPS) is 11.3. The van der Waals surface area contributed by atoms with Crippen molar-refractivity contribution in [3.8, 4) is 11.3 Å². The minimum absolute atomic E-state index is 0.128. The molecule has 1 heterocycles. The Morgan fingerprint density at radius 3 is 2.30 bits per heavy atom. The van der Waals surface area contributed by atoms with Crippen LogP contribution < -0.4 is 4.90 Å². The molecule has 4 aromatic rings. The van der Waals surface area contributed by atoms with Crippen LogP contribution in [0.25, 0.3) is 11.3 Å². The summed E-state index contributed by atoms with van der Waals surface area (Å²) in [6, 6.07) is 24.4. The second-order valence-electron chi connectivity index (χ2n) is 7.82. The van der Waals surface area contributed by atoms with Gasteiger partial charge in [0, 0.05) is 29.3 Å². The summed E-state index contributed by atoms with van der Waals surface area (Å²) >= 11 is 1.40. The molecule has 0 bridgehead atoms. The molecule has 0 saturated heterocycles. The van der Waals surface area contributed by atoms with E-state index >= 15 is 0 Å². The van der Waals surface area contributed by atoms with Gasteiger partial charge in [0.15, 0.2) is 15.0 Å². The van der Waals surface area contributed by atoms with Crippen LogP contribution in [0.4, 0.5) is 5.13 Å². The Hall–Kier alpha value is -3.29. The van der Waals surface area contributed by atoms with Crippen molar-refractivity contribution in [3.63, 3.8) is 0 Å². The molecule has 0 aliphatic heterocycles. The molecule has 3 aromatic carbocycles. The molecule has 0 aliphatic carbocycles. The predicted octanol–water partition coefficient (Wildman–Crippen LogP) is 5.41. The molecular weight excluding hydrogens is 452 g/mol. The first-order chi connectivity index (χ1) is 15.8. The smallest absolute Gasteiger partial charge is 0.260 e. The molecule has 0 unspecified atom stereocenters. The fourth-order valence-electron chi connectivity index (χ4n) is 3.51. The van der Waals surface area contributed by atoms with E-state index in [4.69, 9.17) is 4.98 Å². The summed E-state index contributed by atoms with van der Waals surface area (Å²) < 4.78 is 24.2. The summed E-state index contributed by atoms with van der Waals surface area (Å²) in [6.07, 6.45) is 1.80. The molecule has 0 atom stereocenters. The fourth-order valence-corrected chi connectivity index (χ4v) is 5.01. The third-order valence-corrected chi connectivity index (χ3v) is 7.35. The Bertz CT molecular complexity index is 1370. The average Bonchev–Trinajstić information content (AvgIpc) is 3.30. The van der Waals surface area contributed by atoms with Crippen molar-refractivity contribution in [3.05, 3.63) is 101 Å². The van der Waals surface area contributed by atoms with Crippen LogP contribution in [0, 0.1) is 6.92 Å². The second kappa shape index (κ2) is 9.68. The van der Waals surface area contributed by atoms with E-state index < -0.39 is 9.84 Å². The van der Waals surface area contributed by atoms with Gasteiger partial charge in [-0.2, -0.15) is 0 Å². The Kier molecular flexibility index (Phi) is 6.72. The first-order valence-electron chi connectivity index (χ1n) is 10.5. The summed E-state index contributed by atoms with van der Waals surface area (Å²) in [6.45, 7) is 2.24. The molecule has 0 N–H and O–H groups in total. The number of sulfone groups is 1. The van der Waals surface area contributed by atoms with E-state index in [1.807, 2.05) is 73.0 Å². The largest absolute Gasteiger partial charge is 0.284 e. The van der Waals surface area contributed by atoms with E-state index in [1.165, 1.54) is 23.5 Å². The zero-order valence-corrected chi connectivity index (χ0v) is 20.1. The van der Waals surface area contributed by atoms with Crippen LogP contribution in [0.2, 0.25) is 0 Å². The maximum atomic E-state index is 13.7. The molecule has 33 heavy (non-hydrogen) atoms. The maximum Gasteiger partial charge on any atom is 0.260 e. The van der Waals surface area contributed by atoms with Crippen LogP contribution in [-0.2, 0) is 16.3 Å². The second-order valence-corrected chi connectivity index (χ2v) is 10.7. The van der Waals surface area contributed by atoms with Crippen LogP contribution in [0.15, 0.2) is 89.1 Å². The van der Waals surface area contributed by atoms with Crippen molar-refractivity contribution in [1.82, 2.24) is 4.98 Å². The van der Waals surface area contributed by atoms with E-state index in [0.717, 1.165) is 28.6 Å². The number of hydrogen-bond acceptors (Lipinski definition) is 5. The highest BCUT2D eigenvalue weighted by molar-refractivity contribution is 7.90. The van der Waals surface area contributed by atoms with E-state index in [9.17, 15) is 13.2 Å². The highest BCUT2D eigenvalue weighted by Crippen LogP contribution is 2.29. The van der Waals surface area contributed by atoms with Gasteiger partial charge >= 0.3 is 0 Å². The van der Waals surface area contributed by atoms with Gasteiger partial charge in [0.1, 0.15) is 0 Å². The summed E-state index contributed by atoms with van der Waals surface area (Å²) in [5.74, 6) is -0.261. The Morgan fingerprint density at radius 2 is 1.64 bits per heavy atom. The van der Waals surface area contributed by atoms with Gasteiger partial charge in [0.25, 0.3) is 5.91 Å². The molecule has 4 rings (SSSR count).